The lowest BCUT2D eigenvalue weighted by molar-refractivity contribution is 1.35. The molecular weight excluding hydrogens is 84.1 g/mol. The van der Waals surface area contributed by atoms with Gasteiger partial charge in [0.15, 0.2) is 0 Å². The first-order valence-electron chi connectivity index (χ1n) is 2.78. The van der Waals surface area contributed by atoms with E-state index in [0.29, 0.717) is 0 Å². The molecular formula is C7H11. The second kappa shape index (κ2) is 1.69. The van der Waals surface area contributed by atoms with Crippen molar-refractivity contribution in [2.45, 2.75) is 26.7 Å². The van der Waals surface area contributed by atoms with Crippen LogP contribution < -0.4 is 0 Å². The summed E-state index contributed by atoms with van der Waals surface area (Å²) in [5, 5.41) is 0. The Hall–Kier alpha value is -0.260. The predicted molar refractivity (Wildman–Crippen MR) is 31.9 cm³/mol. The molecule has 1 saturated carbocycles. The highest BCUT2D eigenvalue weighted by Crippen LogP contribution is 2.33. The summed E-state index contributed by atoms with van der Waals surface area (Å²) in [6.07, 6.45) is 4.98. The van der Waals surface area contributed by atoms with Crippen LogP contribution in [0.3, 0.4) is 0 Å². The van der Waals surface area contributed by atoms with Gasteiger partial charge < -0.3 is 0 Å². The predicted octanol–water partition coefficient (Wildman–Crippen LogP) is 2.32. The molecule has 0 aromatic carbocycles. The quantitative estimate of drug-likeness (QED) is 0.469. The molecule has 0 aromatic rings. The van der Waals surface area contributed by atoms with Crippen LogP contribution in [-0.4, -0.2) is 0 Å². The normalized spacial score (nSPS) is 19.1. The molecule has 1 aliphatic carbocycles. The van der Waals surface area contributed by atoms with Crippen LogP contribution in [0.2, 0.25) is 0 Å². The molecule has 1 rings (SSSR count). The van der Waals surface area contributed by atoms with Crippen molar-refractivity contribution in [2.75, 3.05) is 0 Å². The summed E-state index contributed by atoms with van der Waals surface area (Å²) >= 11 is 0. The van der Waals surface area contributed by atoms with Crippen molar-refractivity contribution in [1.29, 1.82) is 0 Å². The van der Waals surface area contributed by atoms with Crippen LogP contribution in [0.15, 0.2) is 11.6 Å². The molecule has 1 aliphatic rings. The number of allylic oxidation sites excluding steroid dienone is 2. The van der Waals surface area contributed by atoms with E-state index in [1.807, 2.05) is 0 Å². The summed E-state index contributed by atoms with van der Waals surface area (Å²) in [6.45, 7) is 4.29. The molecule has 0 heteroatoms. The van der Waals surface area contributed by atoms with Crippen LogP contribution in [0.5, 0.6) is 0 Å². The van der Waals surface area contributed by atoms with Gasteiger partial charge in [-0.2, -0.15) is 0 Å². The van der Waals surface area contributed by atoms with E-state index < -0.39 is 0 Å². The van der Waals surface area contributed by atoms with Crippen LogP contribution in [0, 0.1) is 5.92 Å². The average Bonchev–Trinajstić information content (AvgIpc) is 2.17. The fourth-order valence-electron chi connectivity index (χ4n) is 0.625. The average molecular weight is 95.2 g/mol. The second-order valence-electron chi connectivity index (χ2n) is 2.38. The van der Waals surface area contributed by atoms with Gasteiger partial charge in [-0.15, -0.1) is 0 Å². The van der Waals surface area contributed by atoms with E-state index in [1.54, 1.807) is 5.92 Å². The van der Waals surface area contributed by atoms with E-state index in [4.69, 9.17) is 0 Å². The fourth-order valence-corrected chi connectivity index (χ4v) is 0.625. The summed E-state index contributed by atoms with van der Waals surface area (Å²) in [6, 6.07) is 0. The Morgan fingerprint density at radius 3 is 2.14 bits per heavy atom. The lowest BCUT2D eigenvalue weighted by Crippen LogP contribution is -1.63. The summed E-state index contributed by atoms with van der Waals surface area (Å²) in [4.78, 5) is 0. The zero-order chi connectivity index (χ0) is 5.28. The monoisotopic (exact) mass is 95.1 g/mol. The smallest absolute Gasteiger partial charge is 0.00241 e. The van der Waals surface area contributed by atoms with Gasteiger partial charge in [0.25, 0.3) is 0 Å². The Kier molecular flexibility index (Phi) is 1.18. The summed E-state index contributed by atoms with van der Waals surface area (Å²) in [7, 11) is 0. The Morgan fingerprint density at radius 2 is 2.00 bits per heavy atom. The van der Waals surface area contributed by atoms with Crippen molar-refractivity contribution in [3.05, 3.63) is 17.6 Å². The van der Waals surface area contributed by atoms with E-state index in [-0.39, 0.29) is 0 Å². The minimum atomic E-state index is 1.35. The van der Waals surface area contributed by atoms with Gasteiger partial charge >= 0.3 is 0 Å². The van der Waals surface area contributed by atoms with Gasteiger partial charge in [-0.3, -0.25) is 0 Å². The molecule has 0 amide bonds. The molecule has 0 aliphatic heterocycles. The van der Waals surface area contributed by atoms with Crippen LogP contribution >= 0.6 is 0 Å². The largest absolute Gasteiger partial charge is 0.0798 e. The summed E-state index contributed by atoms with van der Waals surface area (Å²) < 4.78 is 0. The van der Waals surface area contributed by atoms with Crippen molar-refractivity contribution in [1.82, 2.24) is 0 Å². The highest BCUT2D eigenvalue weighted by molar-refractivity contribution is 5.23. The molecule has 0 unspecified atom stereocenters. The third-order valence-corrected chi connectivity index (χ3v) is 1.03. The minimum absolute atomic E-state index is 1.35. The van der Waals surface area contributed by atoms with Gasteiger partial charge in [0.2, 0.25) is 0 Å². The number of hydrogen-bond donors (Lipinski definition) is 0. The van der Waals surface area contributed by atoms with Crippen molar-refractivity contribution < 1.29 is 0 Å². The van der Waals surface area contributed by atoms with Gasteiger partial charge in [0, 0.05) is 0 Å². The molecule has 0 spiro atoms. The van der Waals surface area contributed by atoms with E-state index in [1.165, 1.54) is 18.4 Å². The standard InChI is InChI=1S/C7H11/c1-6(2)5-7-3-4-7/h5H,3-4H2,1-2H3. The molecule has 7 heavy (non-hydrogen) atoms. The van der Waals surface area contributed by atoms with Gasteiger partial charge in [-0.1, -0.05) is 11.6 Å². The van der Waals surface area contributed by atoms with Gasteiger partial charge in [0.1, 0.15) is 0 Å². The van der Waals surface area contributed by atoms with E-state index in [9.17, 15) is 0 Å². The number of hydrogen-bond acceptors (Lipinski definition) is 0. The van der Waals surface area contributed by atoms with Gasteiger partial charge in [0.05, 0.1) is 0 Å². The van der Waals surface area contributed by atoms with Crippen LogP contribution in [0.4, 0.5) is 0 Å². The maximum atomic E-state index is 2.28. The highest BCUT2D eigenvalue weighted by Gasteiger charge is 2.18. The zero-order valence-corrected chi connectivity index (χ0v) is 4.99. The summed E-state index contributed by atoms with van der Waals surface area (Å²) in [5.74, 6) is 1.63. The Morgan fingerprint density at radius 1 is 1.43 bits per heavy atom. The highest BCUT2D eigenvalue weighted by atomic mass is 14.2. The molecule has 0 saturated heterocycles. The van der Waals surface area contributed by atoms with E-state index in [0.717, 1.165) is 0 Å². The maximum absolute atomic E-state index is 2.28. The molecule has 0 atom stereocenters. The molecule has 0 nitrogen and oxygen atoms in total. The molecule has 39 valence electrons. The van der Waals surface area contributed by atoms with Crippen molar-refractivity contribution >= 4 is 0 Å². The topological polar surface area (TPSA) is 0 Å². The van der Waals surface area contributed by atoms with Crippen LogP contribution in [-0.2, 0) is 0 Å². The Balaban J connectivity index is 2.29. The molecule has 0 bridgehead atoms. The molecule has 1 fully saturated rings. The first kappa shape index (κ1) is 4.89. The Bertz CT molecular complexity index is 82.2. The summed E-state index contributed by atoms with van der Waals surface area (Å²) in [5.41, 5.74) is 1.44. The molecule has 0 heterocycles. The minimum Gasteiger partial charge on any atom is -0.0798 e. The van der Waals surface area contributed by atoms with E-state index >= 15 is 0 Å². The fraction of sp³-hybridized carbons (Fsp3) is 0.571. The van der Waals surface area contributed by atoms with Gasteiger partial charge in [-0.25, -0.2) is 0 Å². The first-order chi connectivity index (χ1) is 3.29. The Labute approximate surface area is 45.2 Å². The van der Waals surface area contributed by atoms with E-state index in [2.05, 4.69) is 19.9 Å². The molecule has 0 N–H and O–H groups in total. The van der Waals surface area contributed by atoms with Crippen molar-refractivity contribution in [2.24, 2.45) is 0 Å². The van der Waals surface area contributed by atoms with Gasteiger partial charge in [-0.05, 0) is 32.6 Å². The van der Waals surface area contributed by atoms with Crippen molar-refractivity contribution in [3.8, 4) is 0 Å². The van der Waals surface area contributed by atoms with Crippen LogP contribution in [0.25, 0.3) is 0 Å². The molecule has 0 aromatic heterocycles. The zero-order valence-electron chi connectivity index (χ0n) is 4.99. The third-order valence-electron chi connectivity index (χ3n) is 1.03. The molecule has 1 radical (unpaired) electrons. The maximum Gasteiger partial charge on any atom is -0.00241 e. The SMILES string of the molecule is CC(C)=C[C]1CC1. The lowest BCUT2D eigenvalue weighted by Gasteiger charge is -1.82. The van der Waals surface area contributed by atoms with Crippen molar-refractivity contribution in [3.63, 3.8) is 0 Å². The number of rotatable bonds is 1. The lowest BCUT2D eigenvalue weighted by atomic mass is 10.3. The second-order valence-corrected chi connectivity index (χ2v) is 2.38. The van der Waals surface area contributed by atoms with Crippen LogP contribution in [0.1, 0.15) is 26.7 Å². The third kappa shape index (κ3) is 1.77. The first-order valence-corrected chi connectivity index (χ1v) is 2.78.